The maximum atomic E-state index is 11.8. The Bertz CT molecular complexity index is 637. The van der Waals surface area contributed by atoms with E-state index in [4.69, 9.17) is 9.47 Å². The minimum atomic E-state index is -0.532. The third-order valence-corrected chi connectivity index (χ3v) is 2.52. The van der Waals surface area contributed by atoms with Crippen LogP contribution in [-0.4, -0.2) is 22.2 Å². The molecule has 0 saturated heterocycles. The minimum Gasteiger partial charge on any atom is -0.493 e. The first-order chi connectivity index (χ1) is 9.15. The van der Waals surface area contributed by atoms with Gasteiger partial charge in [-0.2, -0.15) is 4.98 Å². The smallest absolute Gasteiger partial charge is 0.298 e. The molecule has 0 saturated carbocycles. The third-order valence-electron chi connectivity index (χ3n) is 2.52. The normalized spacial score (nSPS) is 10.2. The molecule has 1 aromatic carbocycles. The average Bonchev–Trinajstić information content (AvgIpc) is 2.43. The molecule has 0 aliphatic carbocycles. The number of aryl methyl sites for hydroxylation is 1. The van der Waals surface area contributed by atoms with Crippen molar-refractivity contribution in [2.24, 2.45) is 0 Å². The fourth-order valence-electron chi connectivity index (χ4n) is 1.57. The number of benzene rings is 1. The molecular formula is C13H14N2O4. The van der Waals surface area contributed by atoms with Crippen molar-refractivity contribution in [3.8, 4) is 23.1 Å². The lowest BCUT2D eigenvalue weighted by Gasteiger charge is -2.10. The Hall–Kier alpha value is -2.50. The highest BCUT2D eigenvalue weighted by Gasteiger charge is 2.14. The van der Waals surface area contributed by atoms with Gasteiger partial charge in [-0.25, -0.2) is 0 Å². The van der Waals surface area contributed by atoms with Crippen LogP contribution in [0.4, 0.5) is 0 Å². The Morgan fingerprint density at radius 1 is 1.32 bits per heavy atom. The number of H-pyrrole nitrogens is 1. The Kier molecular flexibility index (Phi) is 3.70. The second kappa shape index (κ2) is 5.43. The van der Waals surface area contributed by atoms with Gasteiger partial charge >= 0.3 is 0 Å². The largest absolute Gasteiger partial charge is 0.493 e. The maximum absolute atomic E-state index is 11.8. The van der Waals surface area contributed by atoms with Crippen LogP contribution >= 0.6 is 0 Å². The van der Waals surface area contributed by atoms with Crippen molar-refractivity contribution in [2.75, 3.05) is 7.11 Å². The van der Waals surface area contributed by atoms with Crippen LogP contribution in [0.15, 0.2) is 29.1 Å². The van der Waals surface area contributed by atoms with Gasteiger partial charge in [-0.15, -0.1) is 0 Å². The van der Waals surface area contributed by atoms with E-state index in [1.807, 2.05) is 6.92 Å². The quantitative estimate of drug-likeness (QED) is 0.878. The fourth-order valence-corrected chi connectivity index (χ4v) is 1.57. The van der Waals surface area contributed by atoms with E-state index >= 15 is 0 Å². The summed E-state index contributed by atoms with van der Waals surface area (Å²) in [6.07, 6.45) is 0.512. The number of nitrogens with zero attached hydrogens (tertiary/aromatic N) is 1. The Balaban J connectivity index is 2.41. The van der Waals surface area contributed by atoms with Crippen molar-refractivity contribution in [1.82, 2.24) is 9.97 Å². The predicted molar refractivity (Wildman–Crippen MR) is 69.0 cm³/mol. The topological polar surface area (TPSA) is 84.4 Å². The summed E-state index contributed by atoms with van der Waals surface area (Å²) >= 11 is 0. The van der Waals surface area contributed by atoms with Crippen LogP contribution in [0.5, 0.6) is 23.1 Å². The van der Waals surface area contributed by atoms with E-state index < -0.39 is 11.4 Å². The van der Waals surface area contributed by atoms with Gasteiger partial charge in [-0.3, -0.25) is 4.79 Å². The zero-order valence-corrected chi connectivity index (χ0v) is 10.6. The van der Waals surface area contributed by atoms with Gasteiger partial charge in [-0.05, 0) is 12.1 Å². The van der Waals surface area contributed by atoms with Crippen molar-refractivity contribution in [3.05, 3.63) is 40.4 Å². The van der Waals surface area contributed by atoms with Gasteiger partial charge in [0.05, 0.1) is 7.11 Å². The number of aromatic amines is 1. The van der Waals surface area contributed by atoms with Gasteiger partial charge in [0.1, 0.15) is 5.82 Å². The van der Waals surface area contributed by atoms with Gasteiger partial charge in [-0.1, -0.05) is 19.1 Å². The second-order valence-corrected chi connectivity index (χ2v) is 3.77. The third kappa shape index (κ3) is 2.67. The summed E-state index contributed by atoms with van der Waals surface area (Å²) in [4.78, 5) is 18.2. The molecule has 1 heterocycles. The highest BCUT2D eigenvalue weighted by molar-refractivity contribution is 5.44. The van der Waals surface area contributed by atoms with Crippen LogP contribution in [0, 0.1) is 0 Å². The van der Waals surface area contributed by atoms with E-state index in [2.05, 4.69) is 9.97 Å². The van der Waals surface area contributed by atoms with Crippen molar-refractivity contribution in [3.63, 3.8) is 0 Å². The summed E-state index contributed by atoms with van der Waals surface area (Å²) in [6.45, 7) is 1.82. The number of hydrogen-bond donors (Lipinski definition) is 2. The van der Waals surface area contributed by atoms with Crippen LogP contribution in [0.2, 0.25) is 0 Å². The lowest BCUT2D eigenvalue weighted by Crippen LogP contribution is -2.13. The number of hydrogen-bond acceptors (Lipinski definition) is 5. The minimum absolute atomic E-state index is 0.248. The van der Waals surface area contributed by atoms with Crippen LogP contribution in [0.3, 0.4) is 0 Å². The van der Waals surface area contributed by atoms with Gasteiger partial charge in [0.25, 0.3) is 17.2 Å². The molecule has 2 rings (SSSR count). The number of para-hydroxylation sites is 2. The molecule has 0 radical (unpaired) electrons. The van der Waals surface area contributed by atoms with Gasteiger partial charge in [0.15, 0.2) is 11.5 Å². The van der Waals surface area contributed by atoms with E-state index in [1.165, 1.54) is 7.11 Å². The summed E-state index contributed by atoms with van der Waals surface area (Å²) in [5.74, 6) is 0.501. The average molecular weight is 262 g/mol. The molecule has 1 aromatic heterocycles. The molecule has 0 spiro atoms. The second-order valence-electron chi connectivity index (χ2n) is 3.77. The highest BCUT2D eigenvalue weighted by atomic mass is 16.5. The van der Waals surface area contributed by atoms with Crippen LogP contribution in [0.25, 0.3) is 0 Å². The van der Waals surface area contributed by atoms with Gasteiger partial charge < -0.3 is 19.6 Å². The molecule has 0 bridgehead atoms. The van der Waals surface area contributed by atoms with Crippen molar-refractivity contribution in [2.45, 2.75) is 13.3 Å². The Morgan fingerprint density at radius 3 is 2.58 bits per heavy atom. The molecule has 6 heteroatoms. The number of nitrogens with one attached hydrogen (secondary N) is 1. The fraction of sp³-hybridized carbons (Fsp3) is 0.231. The summed E-state index contributed by atoms with van der Waals surface area (Å²) < 4.78 is 10.5. The number of aromatic nitrogens is 2. The van der Waals surface area contributed by atoms with E-state index in [0.717, 1.165) is 0 Å². The maximum Gasteiger partial charge on any atom is 0.298 e. The first kappa shape index (κ1) is 12.9. The molecule has 0 unspecified atom stereocenters. The summed E-state index contributed by atoms with van der Waals surface area (Å²) in [7, 11) is 1.49. The lowest BCUT2D eigenvalue weighted by atomic mass is 10.3. The zero-order valence-electron chi connectivity index (χ0n) is 10.6. The number of ether oxygens (including phenoxy) is 2. The number of rotatable bonds is 4. The molecule has 100 valence electrons. The molecule has 19 heavy (non-hydrogen) atoms. The molecule has 0 atom stereocenters. The Labute approximate surface area is 109 Å². The zero-order chi connectivity index (χ0) is 13.8. The van der Waals surface area contributed by atoms with Crippen molar-refractivity contribution < 1.29 is 14.6 Å². The van der Waals surface area contributed by atoms with Crippen molar-refractivity contribution >= 4 is 0 Å². The van der Waals surface area contributed by atoms with Crippen LogP contribution in [-0.2, 0) is 6.42 Å². The van der Waals surface area contributed by atoms with E-state index in [-0.39, 0.29) is 5.75 Å². The first-order valence-corrected chi connectivity index (χ1v) is 5.78. The van der Waals surface area contributed by atoms with Crippen LogP contribution < -0.4 is 15.0 Å². The summed E-state index contributed by atoms with van der Waals surface area (Å²) in [5, 5.41) is 9.73. The molecule has 2 aromatic rings. The number of methoxy groups -OCH3 is 1. The monoisotopic (exact) mass is 262 g/mol. The first-order valence-electron chi connectivity index (χ1n) is 5.78. The molecule has 6 nitrogen and oxygen atoms in total. The molecule has 0 fully saturated rings. The predicted octanol–water partition coefficient (Wildman–Crippen LogP) is 1.84. The summed E-state index contributed by atoms with van der Waals surface area (Å²) in [5.41, 5.74) is -0.532. The lowest BCUT2D eigenvalue weighted by molar-refractivity contribution is 0.356. The number of aromatic hydroxyl groups is 1. The van der Waals surface area contributed by atoms with E-state index in [0.29, 0.717) is 23.7 Å². The SMILES string of the molecule is CCc1nc(O)c(Oc2ccccc2OC)c(=O)[nH]1. The van der Waals surface area contributed by atoms with Gasteiger partial charge in [0.2, 0.25) is 0 Å². The standard InChI is InChI=1S/C13H14N2O4/c1-3-10-14-12(16)11(13(17)15-10)19-9-7-5-4-6-8(9)18-2/h4-7H,3H2,1-2H3,(H2,14,15,16,17). The van der Waals surface area contributed by atoms with Crippen LogP contribution in [0.1, 0.15) is 12.7 Å². The molecular weight excluding hydrogens is 248 g/mol. The summed E-state index contributed by atoms with van der Waals surface area (Å²) in [6, 6.07) is 6.82. The molecule has 0 amide bonds. The van der Waals surface area contributed by atoms with E-state index in [1.54, 1.807) is 24.3 Å². The molecule has 0 aliphatic heterocycles. The van der Waals surface area contributed by atoms with E-state index in [9.17, 15) is 9.90 Å². The molecule has 0 aliphatic rings. The molecule has 2 N–H and O–H groups in total. The highest BCUT2D eigenvalue weighted by Crippen LogP contribution is 2.32. The van der Waals surface area contributed by atoms with Crippen molar-refractivity contribution in [1.29, 1.82) is 0 Å². The Morgan fingerprint density at radius 2 is 2.00 bits per heavy atom. The van der Waals surface area contributed by atoms with Gasteiger partial charge in [0, 0.05) is 6.42 Å².